The van der Waals surface area contributed by atoms with Crippen molar-refractivity contribution >= 4 is 26.8 Å². The summed E-state index contributed by atoms with van der Waals surface area (Å²) in [6, 6.07) is 8.26. The highest BCUT2D eigenvalue weighted by Crippen LogP contribution is 2.36. The first-order valence-corrected chi connectivity index (χ1v) is 7.02. The minimum atomic E-state index is 0.604. The second-order valence-corrected chi connectivity index (χ2v) is 5.37. The topological polar surface area (TPSA) is 70.5 Å². The van der Waals surface area contributed by atoms with Gasteiger partial charge in [-0.15, -0.1) is 0 Å². The van der Waals surface area contributed by atoms with Crippen molar-refractivity contribution in [2.24, 2.45) is 5.73 Å². The fourth-order valence-corrected chi connectivity index (χ4v) is 3.00. The molecular weight excluding hydrogens is 304 g/mol. The predicted molar refractivity (Wildman–Crippen MR) is 81.1 cm³/mol. The minimum Gasteiger partial charge on any atom is -0.358 e. The van der Waals surface area contributed by atoms with Crippen LogP contribution in [0.5, 0.6) is 0 Å². The molecule has 0 saturated carbocycles. The molecule has 0 aliphatic carbocycles. The van der Waals surface area contributed by atoms with Crippen LogP contribution in [0.25, 0.3) is 22.2 Å². The first-order chi connectivity index (χ1) is 9.22. The van der Waals surface area contributed by atoms with Crippen molar-refractivity contribution in [1.82, 2.24) is 15.2 Å². The lowest BCUT2D eigenvalue weighted by Crippen LogP contribution is -2.03. The largest absolute Gasteiger partial charge is 0.358 e. The summed E-state index contributed by atoms with van der Waals surface area (Å²) < 4.78 is 1.01. The number of para-hydroxylation sites is 1. The van der Waals surface area contributed by atoms with E-state index in [0.717, 1.165) is 39.1 Å². The van der Waals surface area contributed by atoms with Crippen LogP contribution >= 0.6 is 15.9 Å². The average molecular weight is 319 g/mol. The van der Waals surface area contributed by atoms with E-state index in [0.29, 0.717) is 6.54 Å². The molecule has 4 nitrogen and oxygen atoms in total. The number of nitrogens with two attached hydrogens (primary N) is 1. The summed E-state index contributed by atoms with van der Waals surface area (Å²) in [5.41, 5.74) is 11.0. The van der Waals surface area contributed by atoms with Gasteiger partial charge in [-0.3, -0.25) is 5.10 Å². The maximum absolute atomic E-state index is 5.60. The van der Waals surface area contributed by atoms with E-state index < -0.39 is 0 Å². The molecule has 0 bridgehead atoms. The Kier molecular flexibility index (Phi) is 3.16. The molecule has 0 fully saturated rings. The fourth-order valence-electron chi connectivity index (χ4n) is 2.42. The average Bonchev–Trinajstić information content (AvgIpc) is 2.91. The molecule has 0 atom stereocenters. The normalized spacial score (nSPS) is 11.3. The highest BCUT2D eigenvalue weighted by molar-refractivity contribution is 9.10. The molecule has 98 valence electrons. The Morgan fingerprint density at radius 3 is 2.89 bits per heavy atom. The first kappa shape index (κ1) is 12.4. The number of H-pyrrole nitrogens is 2. The predicted octanol–water partition coefficient (Wildman–Crippen LogP) is 3.13. The monoisotopic (exact) mass is 318 g/mol. The Bertz CT molecular complexity index is 726. The molecule has 0 amide bonds. The van der Waals surface area contributed by atoms with E-state index in [1.54, 1.807) is 0 Å². The van der Waals surface area contributed by atoms with Crippen LogP contribution in [0.2, 0.25) is 0 Å². The number of fused-ring (bicyclic) bond motifs is 1. The maximum Gasteiger partial charge on any atom is 0.109 e. The van der Waals surface area contributed by atoms with Crippen molar-refractivity contribution < 1.29 is 0 Å². The van der Waals surface area contributed by atoms with Gasteiger partial charge in [0.25, 0.3) is 0 Å². The van der Waals surface area contributed by atoms with Crippen LogP contribution < -0.4 is 5.73 Å². The lowest BCUT2D eigenvalue weighted by atomic mass is 10.1. The van der Waals surface area contributed by atoms with Gasteiger partial charge in [0.1, 0.15) is 5.69 Å². The Morgan fingerprint density at radius 1 is 1.32 bits per heavy atom. The number of nitrogens with one attached hydrogen (secondary N) is 2. The van der Waals surface area contributed by atoms with E-state index in [9.17, 15) is 0 Å². The Hall–Kier alpha value is -1.59. The van der Waals surface area contributed by atoms with Crippen molar-refractivity contribution in [3.05, 3.63) is 40.1 Å². The molecule has 2 heterocycles. The number of hydrogen-bond acceptors (Lipinski definition) is 2. The number of halogens is 1. The smallest absolute Gasteiger partial charge is 0.109 e. The van der Waals surface area contributed by atoms with Gasteiger partial charge in [-0.05, 0) is 35.5 Å². The first-order valence-electron chi connectivity index (χ1n) is 6.23. The quantitative estimate of drug-likeness (QED) is 0.694. The zero-order valence-corrected chi connectivity index (χ0v) is 12.2. The molecule has 3 rings (SSSR count). The van der Waals surface area contributed by atoms with Gasteiger partial charge in [0.15, 0.2) is 0 Å². The highest BCUT2D eigenvalue weighted by atomic mass is 79.9. The van der Waals surface area contributed by atoms with Crippen LogP contribution in [0.1, 0.15) is 11.4 Å². The van der Waals surface area contributed by atoms with Gasteiger partial charge in [0.05, 0.1) is 10.2 Å². The summed E-state index contributed by atoms with van der Waals surface area (Å²) in [5.74, 6) is 0. The van der Waals surface area contributed by atoms with E-state index >= 15 is 0 Å². The number of rotatable bonds is 3. The standard InChI is InChI=1S/C14H15BrN4/c1-8-12(9-4-2-3-5-10(9)17-8)14-13(15)11(6-7-16)18-19-14/h2-5,17H,6-7,16H2,1H3,(H,18,19). The fraction of sp³-hybridized carbons (Fsp3) is 0.214. The van der Waals surface area contributed by atoms with Gasteiger partial charge in [-0.1, -0.05) is 18.2 Å². The molecule has 0 aliphatic heterocycles. The molecule has 1 aromatic carbocycles. The summed E-state index contributed by atoms with van der Waals surface area (Å²) in [7, 11) is 0. The van der Waals surface area contributed by atoms with Crippen molar-refractivity contribution in [1.29, 1.82) is 0 Å². The summed E-state index contributed by atoms with van der Waals surface area (Å²) in [6.07, 6.45) is 0.787. The van der Waals surface area contributed by atoms with E-state index in [4.69, 9.17) is 5.73 Å². The van der Waals surface area contributed by atoms with Gasteiger partial charge in [-0.2, -0.15) is 5.10 Å². The molecule has 5 heteroatoms. The van der Waals surface area contributed by atoms with Gasteiger partial charge < -0.3 is 10.7 Å². The van der Waals surface area contributed by atoms with Crippen LogP contribution in [0.15, 0.2) is 28.7 Å². The Morgan fingerprint density at radius 2 is 2.11 bits per heavy atom. The van der Waals surface area contributed by atoms with Gasteiger partial charge in [0.2, 0.25) is 0 Å². The van der Waals surface area contributed by atoms with Crippen molar-refractivity contribution in [3.8, 4) is 11.3 Å². The van der Waals surface area contributed by atoms with Gasteiger partial charge in [0, 0.05) is 28.6 Å². The number of benzene rings is 1. The maximum atomic E-state index is 5.60. The molecule has 0 saturated heterocycles. The highest BCUT2D eigenvalue weighted by Gasteiger charge is 2.17. The number of aromatic amines is 2. The zero-order chi connectivity index (χ0) is 13.4. The lowest BCUT2D eigenvalue weighted by Gasteiger charge is -1.99. The summed E-state index contributed by atoms with van der Waals surface area (Å²) in [4.78, 5) is 3.39. The molecule has 2 aromatic heterocycles. The molecule has 0 aliphatic rings. The summed E-state index contributed by atoms with van der Waals surface area (Å²) >= 11 is 3.63. The molecule has 4 N–H and O–H groups in total. The third-order valence-corrected chi connectivity index (χ3v) is 4.15. The van der Waals surface area contributed by atoms with Gasteiger partial charge in [-0.25, -0.2) is 0 Å². The van der Waals surface area contributed by atoms with Crippen LogP contribution in [0.4, 0.5) is 0 Å². The van der Waals surface area contributed by atoms with Crippen LogP contribution in [-0.2, 0) is 6.42 Å². The molecule has 0 unspecified atom stereocenters. The van der Waals surface area contributed by atoms with E-state index in [1.165, 1.54) is 5.39 Å². The van der Waals surface area contributed by atoms with Crippen molar-refractivity contribution in [2.75, 3.05) is 6.54 Å². The van der Waals surface area contributed by atoms with Crippen LogP contribution in [0, 0.1) is 6.92 Å². The number of nitrogens with zero attached hydrogens (tertiary/aromatic N) is 1. The number of aromatic nitrogens is 3. The van der Waals surface area contributed by atoms with E-state index in [-0.39, 0.29) is 0 Å². The van der Waals surface area contributed by atoms with E-state index in [2.05, 4.69) is 50.2 Å². The minimum absolute atomic E-state index is 0.604. The van der Waals surface area contributed by atoms with E-state index in [1.807, 2.05) is 12.1 Å². The SMILES string of the molecule is Cc1[nH]c2ccccc2c1-c1n[nH]c(CCN)c1Br. The van der Waals surface area contributed by atoms with Gasteiger partial charge >= 0.3 is 0 Å². The molecular formula is C14H15BrN4. The zero-order valence-electron chi connectivity index (χ0n) is 10.6. The Labute approximate surface area is 119 Å². The number of aryl methyl sites for hydroxylation is 1. The molecule has 3 aromatic rings. The molecule has 0 spiro atoms. The second-order valence-electron chi connectivity index (χ2n) is 4.57. The van der Waals surface area contributed by atoms with Crippen LogP contribution in [-0.4, -0.2) is 21.7 Å². The summed E-state index contributed by atoms with van der Waals surface area (Å²) in [6.45, 7) is 2.67. The second kappa shape index (κ2) is 4.83. The van der Waals surface area contributed by atoms with Crippen molar-refractivity contribution in [3.63, 3.8) is 0 Å². The number of hydrogen-bond donors (Lipinski definition) is 3. The third-order valence-electron chi connectivity index (χ3n) is 3.30. The van der Waals surface area contributed by atoms with Crippen molar-refractivity contribution in [2.45, 2.75) is 13.3 Å². The summed E-state index contributed by atoms with van der Waals surface area (Å²) in [5, 5.41) is 8.69. The lowest BCUT2D eigenvalue weighted by molar-refractivity contribution is 0.898. The third kappa shape index (κ3) is 1.99. The molecule has 19 heavy (non-hydrogen) atoms. The Balaban J connectivity index is 2.22. The van der Waals surface area contributed by atoms with Crippen LogP contribution in [0.3, 0.4) is 0 Å². The molecule has 0 radical (unpaired) electrons.